The van der Waals surface area contributed by atoms with Crippen molar-refractivity contribution in [3.8, 4) is 0 Å². The van der Waals surface area contributed by atoms with E-state index >= 15 is 0 Å². The normalized spacial score (nSPS) is 18.2. The van der Waals surface area contributed by atoms with Gasteiger partial charge in [-0.3, -0.25) is 0 Å². The molecule has 100 valence electrons. The van der Waals surface area contributed by atoms with E-state index in [1.165, 1.54) is 60.9 Å². The van der Waals surface area contributed by atoms with Crippen LogP contribution in [-0.4, -0.2) is 24.5 Å². The summed E-state index contributed by atoms with van der Waals surface area (Å²) in [4.78, 5) is 2.63. The summed E-state index contributed by atoms with van der Waals surface area (Å²) in [6, 6.07) is 6.64. The Morgan fingerprint density at radius 1 is 1.28 bits per heavy atom. The van der Waals surface area contributed by atoms with Gasteiger partial charge in [0, 0.05) is 4.47 Å². The number of benzene rings is 1. The summed E-state index contributed by atoms with van der Waals surface area (Å²) in [6.45, 7) is 8.47. The van der Waals surface area contributed by atoms with Crippen molar-refractivity contribution in [2.75, 3.05) is 19.6 Å². The fraction of sp³-hybridized carbons (Fsp3) is 0.625. The molecule has 0 aliphatic carbocycles. The number of halogens is 1. The predicted molar refractivity (Wildman–Crippen MR) is 82.0 cm³/mol. The number of hydrogen-bond donors (Lipinski definition) is 0. The minimum absolute atomic E-state index is 0.940. The van der Waals surface area contributed by atoms with Gasteiger partial charge in [0.25, 0.3) is 0 Å². The van der Waals surface area contributed by atoms with Crippen LogP contribution in [0, 0.1) is 12.8 Å². The first-order valence-electron chi connectivity index (χ1n) is 7.12. The van der Waals surface area contributed by atoms with Crippen LogP contribution in [0.1, 0.15) is 37.3 Å². The van der Waals surface area contributed by atoms with Crippen LogP contribution in [0.15, 0.2) is 22.7 Å². The fourth-order valence-electron chi connectivity index (χ4n) is 2.72. The van der Waals surface area contributed by atoms with E-state index in [2.05, 4.69) is 52.9 Å². The van der Waals surface area contributed by atoms with E-state index < -0.39 is 0 Å². The second-order valence-electron chi connectivity index (χ2n) is 5.70. The molecule has 1 fully saturated rings. The molecule has 1 aliphatic heterocycles. The molecule has 0 bridgehead atoms. The highest BCUT2D eigenvalue weighted by atomic mass is 79.9. The number of piperidine rings is 1. The third-order valence-electron chi connectivity index (χ3n) is 4.10. The van der Waals surface area contributed by atoms with Crippen molar-refractivity contribution in [1.82, 2.24) is 4.90 Å². The maximum Gasteiger partial charge on any atom is 0.0178 e. The standard InChI is InChI=1S/C16H24BrN/c1-13-7-10-18(11-8-13)9-3-4-15-5-6-16(17)12-14(15)2/h5-6,12-13H,3-4,7-11H2,1-2H3. The molecule has 18 heavy (non-hydrogen) atoms. The molecule has 0 spiro atoms. The minimum Gasteiger partial charge on any atom is -0.303 e. The lowest BCUT2D eigenvalue weighted by Crippen LogP contribution is -2.33. The van der Waals surface area contributed by atoms with Crippen molar-refractivity contribution in [3.05, 3.63) is 33.8 Å². The van der Waals surface area contributed by atoms with Crippen molar-refractivity contribution in [3.63, 3.8) is 0 Å². The molecule has 1 aromatic rings. The Morgan fingerprint density at radius 3 is 2.67 bits per heavy atom. The summed E-state index contributed by atoms with van der Waals surface area (Å²) in [5, 5.41) is 0. The molecule has 1 aromatic carbocycles. The van der Waals surface area contributed by atoms with Crippen LogP contribution < -0.4 is 0 Å². The molecule has 0 saturated carbocycles. The summed E-state index contributed by atoms with van der Waals surface area (Å²) < 4.78 is 1.19. The lowest BCUT2D eigenvalue weighted by molar-refractivity contribution is 0.191. The molecule has 0 unspecified atom stereocenters. The van der Waals surface area contributed by atoms with E-state index in [0.717, 1.165) is 5.92 Å². The van der Waals surface area contributed by atoms with Gasteiger partial charge in [0.05, 0.1) is 0 Å². The van der Waals surface area contributed by atoms with E-state index in [4.69, 9.17) is 0 Å². The van der Waals surface area contributed by atoms with Gasteiger partial charge in [-0.1, -0.05) is 28.9 Å². The molecule has 1 nitrogen and oxygen atoms in total. The third kappa shape index (κ3) is 4.10. The Morgan fingerprint density at radius 2 is 2.00 bits per heavy atom. The molecule has 0 radical (unpaired) electrons. The molecule has 1 heterocycles. The molecule has 0 aromatic heterocycles. The highest BCUT2D eigenvalue weighted by Crippen LogP contribution is 2.19. The van der Waals surface area contributed by atoms with E-state index in [1.54, 1.807) is 0 Å². The van der Waals surface area contributed by atoms with Crippen molar-refractivity contribution in [1.29, 1.82) is 0 Å². The largest absolute Gasteiger partial charge is 0.303 e. The molecule has 1 aliphatic rings. The van der Waals surface area contributed by atoms with Gasteiger partial charge in [0.1, 0.15) is 0 Å². The Labute approximate surface area is 120 Å². The Bertz CT molecular complexity index is 381. The van der Waals surface area contributed by atoms with E-state index in [1.807, 2.05) is 0 Å². The first kappa shape index (κ1) is 14.1. The molecule has 0 amide bonds. The van der Waals surface area contributed by atoms with Crippen molar-refractivity contribution < 1.29 is 0 Å². The van der Waals surface area contributed by atoms with Crippen LogP contribution in [-0.2, 0) is 6.42 Å². The Hall–Kier alpha value is -0.340. The van der Waals surface area contributed by atoms with Gasteiger partial charge in [0.15, 0.2) is 0 Å². The Kier molecular flexibility index (Phi) is 5.25. The Balaban J connectivity index is 1.75. The molecular weight excluding hydrogens is 286 g/mol. The van der Waals surface area contributed by atoms with Gasteiger partial charge in [-0.2, -0.15) is 0 Å². The van der Waals surface area contributed by atoms with Gasteiger partial charge >= 0.3 is 0 Å². The first-order valence-corrected chi connectivity index (χ1v) is 7.92. The van der Waals surface area contributed by atoms with Gasteiger partial charge < -0.3 is 4.90 Å². The zero-order chi connectivity index (χ0) is 13.0. The molecule has 2 heteroatoms. The lowest BCUT2D eigenvalue weighted by Gasteiger charge is -2.30. The average Bonchev–Trinajstić information content (AvgIpc) is 2.34. The summed E-state index contributed by atoms with van der Waals surface area (Å²) >= 11 is 3.52. The van der Waals surface area contributed by atoms with Crippen molar-refractivity contribution in [2.24, 2.45) is 5.92 Å². The predicted octanol–water partition coefficient (Wildman–Crippen LogP) is 4.42. The number of hydrogen-bond acceptors (Lipinski definition) is 1. The second-order valence-corrected chi connectivity index (χ2v) is 6.61. The number of nitrogens with zero attached hydrogens (tertiary/aromatic N) is 1. The maximum atomic E-state index is 3.52. The van der Waals surface area contributed by atoms with Crippen LogP contribution >= 0.6 is 15.9 Å². The summed E-state index contributed by atoms with van der Waals surface area (Å²) in [5.74, 6) is 0.940. The zero-order valence-corrected chi connectivity index (χ0v) is 13.2. The third-order valence-corrected chi connectivity index (χ3v) is 4.59. The van der Waals surface area contributed by atoms with E-state index in [9.17, 15) is 0 Å². The minimum atomic E-state index is 0.940. The van der Waals surface area contributed by atoms with Crippen LogP contribution in [0.4, 0.5) is 0 Å². The quantitative estimate of drug-likeness (QED) is 0.795. The number of aryl methyl sites for hydroxylation is 2. The summed E-state index contributed by atoms with van der Waals surface area (Å²) in [6.07, 6.45) is 5.27. The topological polar surface area (TPSA) is 3.24 Å². The number of likely N-dealkylation sites (tertiary alicyclic amines) is 1. The fourth-order valence-corrected chi connectivity index (χ4v) is 3.19. The van der Waals surface area contributed by atoms with Gasteiger partial charge in [-0.25, -0.2) is 0 Å². The van der Waals surface area contributed by atoms with Crippen LogP contribution in [0.25, 0.3) is 0 Å². The van der Waals surface area contributed by atoms with Crippen LogP contribution in [0.2, 0.25) is 0 Å². The van der Waals surface area contributed by atoms with E-state index in [0.29, 0.717) is 0 Å². The molecular formula is C16H24BrN. The summed E-state index contributed by atoms with van der Waals surface area (Å²) in [7, 11) is 0. The molecule has 2 rings (SSSR count). The SMILES string of the molecule is Cc1cc(Br)ccc1CCCN1CCC(C)CC1. The smallest absolute Gasteiger partial charge is 0.0178 e. The number of rotatable bonds is 4. The summed E-state index contributed by atoms with van der Waals surface area (Å²) in [5.41, 5.74) is 2.92. The first-order chi connectivity index (χ1) is 8.65. The van der Waals surface area contributed by atoms with Crippen molar-refractivity contribution >= 4 is 15.9 Å². The zero-order valence-electron chi connectivity index (χ0n) is 11.6. The second kappa shape index (κ2) is 6.72. The van der Waals surface area contributed by atoms with Crippen molar-refractivity contribution in [2.45, 2.75) is 39.5 Å². The van der Waals surface area contributed by atoms with Crippen LogP contribution in [0.5, 0.6) is 0 Å². The highest BCUT2D eigenvalue weighted by molar-refractivity contribution is 9.10. The highest BCUT2D eigenvalue weighted by Gasteiger charge is 2.14. The lowest BCUT2D eigenvalue weighted by atomic mass is 9.98. The average molecular weight is 310 g/mol. The van der Waals surface area contributed by atoms with Gasteiger partial charge in [-0.15, -0.1) is 0 Å². The molecule has 0 N–H and O–H groups in total. The maximum absolute atomic E-state index is 3.52. The van der Waals surface area contributed by atoms with Gasteiger partial charge in [-0.05, 0) is 81.4 Å². The van der Waals surface area contributed by atoms with Crippen LogP contribution in [0.3, 0.4) is 0 Å². The monoisotopic (exact) mass is 309 g/mol. The van der Waals surface area contributed by atoms with E-state index in [-0.39, 0.29) is 0 Å². The molecule has 0 atom stereocenters. The molecule has 1 saturated heterocycles. The van der Waals surface area contributed by atoms with Gasteiger partial charge in [0.2, 0.25) is 0 Å².